The van der Waals surface area contributed by atoms with Crippen LogP contribution < -0.4 is 10.6 Å². The van der Waals surface area contributed by atoms with E-state index in [1.54, 1.807) is 6.20 Å². The van der Waals surface area contributed by atoms with E-state index in [9.17, 15) is 4.79 Å². The number of rotatable bonds is 6. The molecule has 0 bridgehead atoms. The lowest BCUT2D eigenvalue weighted by atomic mass is 9.97. The van der Waals surface area contributed by atoms with Crippen LogP contribution in [0, 0.1) is 5.92 Å². The molecule has 2 aromatic heterocycles. The third kappa shape index (κ3) is 4.60. The molecule has 8 nitrogen and oxygen atoms in total. The highest BCUT2D eigenvalue weighted by atomic mass is 32.1. The Kier molecular flexibility index (Phi) is 5.90. The molecule has 2 unspecified atom stereocenters. The SMILES string of the molecule is O=C(NCC(C1CCOC1)N1CCCC1)Nc1nnc(-c2ccccn2)s1. The van der Waals surface area contributed by atoms with Gasteiger partial charge in [0.25, 0.3) is 0 Å². The number of amides is 2. The fraction of sp³-hybridized carbons (Fsp3) is 0.556. The largest absolute Gasteiger partial charge is 0.381 e. The summed E-state index contributed by atoms with van der Waals surface area (Å²) in [7, 11) is 0. The van der Waals surface area contributed by atoms with Crippen molar-refractivity contribution in [3.8, 4) is 10.7 Å². The molecule has 2 amide bonds. The molecule has 2 aliphatic heterocycles. The summed E-state index contributed by atoms with van der Waals surface area (Å²) in [5, 5.41) is 15.1. The van der Waals surface area contributed by atoms with Gasteiger partial charge >= 0.3 is 6.03 Å². The van der Waals surface area contributed by atoms with E-state index >= 15 is 0 Å². The van der Waals surface area contributed by atoms with Gasteiger partial charge in [-0.15, -0.1) is 10.2 Å². The highest BCUT2D eigenvalue weighted by Crippen LogP contribution is 2.25. The van der Waals surface area contributed by atoms with Gasteiger partial charge in [-0.25, -0.2) is 4.79 Å². The van der Waals surface area contributed by atoms with E-state index in [4.69, 9.17) is 4.74 Å². The van der Waals surface area contributed by atoms with E-state index in [0.717, 1.165) is 38.4 Å². The molecular formula is C18H24N6O2S. The van der Waals surface area contributed by atoms with Gasteiger partial charge in [0.1, 0.15) is 5.69 Å². The van der Waals surface area contributed by atoms with Crippen molar-refractivity contribution in [2.75, 3.05) is 38.2 Å². The Bertz CT molecular complexity index is 727. The predicted octanol–water partition coefficient (Wildman–Crippen LogP) is 2.22. The zero-order chi connectivity index (χ0) is 18.5. The molecule has 0 aromatic carbocycles. The molecule has 9 heteroatoms. The first-order valence-corrected chi connectivity index (χ1v) is 10.2. The van der Waals surface area contributed by atoms with Crippen LogP contribution in [0.1, 0.15) is 19.3 Å². The number of pyridine rings is 1. The second-order valence-corrected chi connectivity index (χ2v) is 7.87. The van der Waals surface area contributed by atoms with Gasteiger partial charge < -0.3 is 10.1 Å². The molecule has 2 aromatic rings. The Balaban J connectivity index is 1.32. The Morgan fingerprint density at radius 2 is 2.22 bits per heavy atom. The number of nitrogens with one attached hydrogen (secondary N) is 2. The van der Waals surface area contributed by atoms with Crippen LogP contribution in [0.15, 0.2) is 24.4 Å². The molecule has 4 rings (SSSR count). The van der Waals surface area contributed by atoms with Crippen LogP contribution in [0.25, 0.3) is 10.7 Å². The van der Waals surface area contributed by atoms with Gasteiger partial charge in [-0.2, -0.15) is 0 Å². The zero-order valence-corrected chi connectivity index (χ0v) is 16.0. The lowest BCUT2D eigenvalue weighted by Gasteiger charge is -2.31. The normalized spacial score (nSPS) is 21.3. The summed E-state index contributed by atoms with van der Waals surface area (Å²) in [5.41, 5.74) is 0.749. The molecule has 2 N–H and O–H groups in total. The number of carbonyl (C=O) groups is 1. The highest BCUT2D eigenvalue weighted by Gasteiger charge is 2.32. The number of nitrogens with zero attached hydrogens (tertiary/aromatic N) is 4. The summed E-state index contributed by atoms with van der Waals surface area (Å²) < 4.78 is 5.57. The lowest BCUT2D eigenvalue weighted by Crippen LogP contribution is -2.48. The van der Waals surface area contributed by atoms with Crippen LogP contribution in [0.3, 0.4) is 0 Å². The van der Waals surface area contributed by atoms with E-state index in [1.165, 1.54) is 24.2 Å². The minimum atomic E-state index is -0.248. The second-order valence-electron chi connectivity index (χ2n) is 6.90. The van der Waals surface area contributed by atoms with Gasteiger partial charge in [-0.1, -0.05) is 17.4 Å². The van der Waals surface area contributed by atoms with Crippen molar-refractivity contribution >= 4 is 22.5 Å². The maximum Gasteiger partial charge on any atom is 0.321 e. The average molecular weight is 388 g/mol. The second kappa shape index (κ2) is 8.73. The van der Waals surface area contributed by atoms with Crippen LogP contribution in [0.2, 0.25) is 0 Å². The smallest absolute Gasteiger partial charge is 0.321 e. The van der Waals surface area contributed by atoms with E-state index in [-0.39, 0.29) is 6.03 Å². The van der Waals surface area contributed by atoms with Crippen molar-refractivity contribution in [3.63, 3.8) is 0 Å². The molecule has 0 radical (unpaired) electrons. The van der Waals surface area contributed by atoms with Crippen LogP contribution >= 0.6 is 11.3 Å². The first kappa shape index (κ1) is 18.3. The maximum atomic E-state index is 12.3. The Morgan fingerprint density at radius 1 is 1.33 bits per heavy atom. The number of urea groups is 1. The van der Waals surface area contributed by atoms with E-state index in [1.807, 2.05) is 18.2 Å². The number of aromatic nitrogens is 3. The number of likely N-dealkylation sites (tertiary alicyclic amines) is 1. The van der Waals surface area contributed by atoms with Gasteiger partial charge in [0.05, 0.1) is 6.61 Å². The first-order chi connectivity index (χ1) is 13.3. The van der Waals surface area contributed by atoms with E-state index in [0.29, 0.717) is 28.6 Å². The predicted molar refractivity (Wildman–Crippen MR) is 104 cm³/mol. The van der Waals surface area contributed by atoms with Gasteiger partial charge in [0.2, 0.25) is 5.13 Å². The molecule has 2 atom stereocenters. The molecule has 27 heavy (non-hydrogen) atoms. The van der Waals surface area contributed by atoms with Crippen LogP contribution in [-0.2, 0) is 4.74 Å². The molecule has 2 fully saturated rings. The van der Waals surface area contributed by atoms with Crippen LogP contribution in [0.5, 0.6) is 0 Å². The summed E-state index contributed by atoms with van der Waals surface area (Å²) >= 11 is 1.31. The fourth-order valence-corrected chi connectivity index (χ4v) is 4.44. The number of hydrogen-bond donors (Lipinski definition) is 2. The first-order valence-electron chi connectivity index (χ1n) is 9.41. The molecule has 144 valence electrons. The average Bonchev–Trinajstić information content (AvgIpc) is 3.46. The van der Waals surface area contributed by atoms with Crippen molar-refractivity contribution in [1.29, 1.82) is 0 Å². The van der Waals surface area contributed by atoms with Crippen LogP contribution in [-0.4, -0.2) is 65.0 Å². The fourth-order valence-electron chi connectivity index (χ4n) is 3.73. The molecule has 4 heterocycles. The molecule has 2 aliphatic rings. The maximum absolute atomic E-state index is 12.3. The summed E-state index contributed by atoms with van der Waals surface area (Å²) in [6, 6.07) is 5.70. The Morgan fingerprint density at radius 3 is 2.96 bits per heavy atom. The van der Waals surface area contributed by atoms with Gasteiger partial charge in [0, 0.05) is 31.3 Å². The number of anilines is 1. The minimum Gasteiger partial charge on any atom is -0.381 e. The third-order valence-corrected chi connectivity index (χ3v) is 5.98. The molecule has 0 spiro atoms. The number of carbonyl (C=O) groups excluding carboxylic acids is 1. The van der Waals surface area contributed by atoms with Crippen LogP contribution in [0.4, 0.5) is 9.93 Å². The third-order valence-electron chi connectivity index (χ3n) is 5.12. The van der Waals surface area contributed by atoms with Crippen molar-refractivity contribution in [1.82, 2.24) is 25.4 Å². The molecule has 0 aliphatic carbocycles. The molecule has 2 saturated heterocycles. The van der Waals surface area contributed by atoms with Crippen molar-refractivity contribution < 1.29 is 9.53 Å². The van der Waals surface area contributed by atoms with Gasteiger partial charge in [0.15, 0.2) is 5.01 Å². The zero-order valence-electron chi connectivity index (χ0n) is 15.1. The number of hydrogen-bond acceptors (Lipinski definition) is 7. The molecular weight excluding hydrogens is 364 g/mol. The number of ether oxygens (including phenoxy) is 1. The summed E-state index contributed by atoms with van der Waals surface area (Å²) in [6.45, 7) is 4.44. The van der Waals surface area contributed by atoms with Crippen molar-refractivity contribution in [3.05, 3.63) is 24.4 Å². The topological polar surface area (TPSA) is 92.3 Å². The van der Waals surface area contributed by atoms with Crippen molar-refractivity contribution in [2.24, 2.45) is 5.92 Å². The monoisotopic (exact) mass is 388 g/mol. The van der Waals surface area contributed by atoms with Gasteiger partial charge in [-0.3, -0.25) is 15.2 Å². The van der Waals surface area contributed by atoms with E-state index < -0.39 is 0 Å². The minimum absolute atomic E-state index is 0.248. The van der Waals surface area contributed by atoms with Gasteiger partial charge in [-0.05, 0) is 44.5 Å². The lowest BCUT2D eigenvalue weighted by molar-refractivity contribution is 0.135. The molecule has 0 saturated carbocycles. The Hall–Kier alpha value is -2.10. The summed E-state index contributed by atoms with van der Waals surface area (Å²) in [4.78, 5) is 19.1. The quantitative estimate of drug-likeness (QED) is 0.788. The Labute approximate surface area is 162 Å². The highest BCUT2D eigenvalue weighted by molar-refractivity contribution is 7.18. The summed E-state index contributed by atoms with van der Waals surface area (Å²) in [6.07, 6.45) is 5.24. The standard InChI is InChI=1S/C18H24N6O2S/c25-17(21-18-23-22-16(27-18)14-5-1-2-7-19-14)20-11-15(13-6-10-26-12-13)24-8-3-4-9-24/h1-2,5,7,13,15H,3-4,6,8-12H2,(H2,20,21,23,25). The van der Waals surface area contributed by atoms with E-state index in [2.05, 4.69) is 30.7 Å². The van der Waals surface area contributed by atoms with Crippen molar-refractivity contribution in [2.45, 2.75) is 25.3 Å². The summed E-state index contributed by atoms with van der Waals surface area (Å²) in [5.74, 6) is 0.487.